The summed E-state index contributed by atoms with van der Waals surface area (Å²) in [5, 5.41) is 0. The molecule has 0 atom stereocenters. The number of nitrogens with zero attached hydrogens (tertiary/aromatic N) is 1. The molecule has 1 N–H and O–H groups in total. The topological polar surface area (TPSA) is 84.9 Å². The van der Waals surface area contributed by atoms with E-state index in [4.69, 9.17) is 9.47 Å². The molecule has 7 nitrogen and oxygen atoms in total. The minimum absolute atomic E-state index is 0.0339. The molecule has 0 spiro atoms. The van der Waals surface area contributed by atoms with Gasteiger partial charge in [0.25, 0.3) is 5.91 Å². The Morgan fingerprint density at radius 2 is 1.66 bits per heavy atom. The fourth-order valence-corrected chi connectivity index (χ4v) is 4.34. The van der Waals surface area contributed by atoms with E-state index < -0.39 is 10.0 Å². The van der Waals surface area contributed by atoms with Gasteiger partial charge in [0.15, 0.2) is 11.5 Å². The van der Waals surface area contributed by atoms with Crippen LogP contribution in [-0.2, 0) is 23.1 Å². The highest BCUT2D eigenvalue weighted by Gasteiger charge is 2.19. The molecule has 0 aromatic heterocycles. The van der Waals surface area contributed by atoms with Gasteiger partial charge in [0.05, 0.1) is 19.1 Å². The number of carbonyl (C=O) groups is 1. The largest absolute Gasteiger partial charge is 0.493 e. The number of hydrogen-bond donors (Lipinski definition) is 1. The van der Waals surface area contributed by atoms with Crippen molar-refractivity contribution in [3.8, 4) is 11.5 Å². The van der Waals surface area contributed by atoms with Crippen molar-refractivity contribution in [2.45, 2.75) is 18.0 Å². The van der Waals surface area contributed by atoms with Crippen LogP contribution in [0.1, 0.15) is 21.5 Å². The van der Waals surface area contributed by atoms with Crippen LogP contribution >= 0.6 is 0 Å². The monoisotopic (exact) mass is 454 g/mol. The normalized spacial score (nSPS) is 11.1. The minimum atomic E-state index is -3.78. The Hall–Kier alpha value is -3.36. The molecule has 0 radical (unpaired) electrons. The lowest BCUT2D eigenvalue weighted by molar-refractivity contribution is 0.0783. The van der Waals surface area contributed by atoms with Crippen molar-refractivity contribution in [3.63, 3.8) is 0 Å². The third kappa shape index (κ3) is 5.46. The molecule has 0 aliphatic rings. The quantitative estimate of drug-likeness (QED) is 0.535. The van der Waals surface area contributed by atoms with Crippen LogP contribution in [0, 0.1) is 0 Å². The predicted molar refractivity (Wildman–Crippen MR) is 122 cm³/mol. The van der Waals surface area contributed by atoms with Gasteiger partial charge in [-0.05, 0) is 29.8 Å². The fourth-order valence-electron chi connectivity index (χ4n) is 3.28. The van der Waals surface area contributed by atoms with E-state index in [1.54, 1.807) is 39.5 Å². The molecule has 0 saturated heterocycles. The molecule has 3 aromatic carbocycles. The van der Waals surface area contributed by atoms with Crippen LogP contribution in [0.3, 0.4) is 0 Å². The average Bonchev–Trinajstić information content (AvgIpc) is 2.82. The first-order chi connectivity index (χ1) is 15.4. The summed E-state index contributed by atoms with van der Waals surface area (Å²) in [6.45, 7) is 0.430. The maximum absolute atomic E-state index is 13.0. The summed E-state index contributed by atoms with van der Waals surface area (Å²) in [6, 6.07) is 20.7. The Morgan fingerprint density at radius 3 is 2.34 bits per heavy atom. The molecule has 3 aromatic rings. The van der Waals surface area contributed by atoms with Crippen LogP contribution < -0.4 is 14.2 Å². The summed E-state index contributed by atoms with van der Waals surface area (Å²) in [4.78, 5) is 14.5. The molecule has 8 heteroatoms. The van der Waals surface area contributed by atoms with Crippen LogP contribution in [-0.4, -0.2) is 40.5 Å². The third-order valence-corrected chi connectivity index (χ3v) is 6.34. The molecule has 1 amide bonds. The van der Waals surface area contributed by atoms with E-state index in [-0.39, 0.29) is 29.5 Å². The second kappa shape index (κ2) is 10.3. The molecular formula is C24H26N2O5S. The number of para-hydroxylation sites is 1. The summed E-state index contributed by atoms with van der Waals surface area (Å²) >= 11 is 0. The molecule has 3 rings (SSSR count). The van der Waals surface area contributed by atoms with Gasteiger partial charge >= 0.3 is 0 Å². The van der Waals surface area contributed by atoms with Crippen molar-refractivity contribution in [1.82, 2.24) is 9.62 Å². The number of methoxy groups -OCH3 is 2. The van der Waals surface area contributed by atoms with Crippen molar-refractivity contribution in [1.29, 1.82) is 0 Å². The Morgan fingerprint density at radius 1 is 0.938 bits per heavy atom. The smallest absolute Gasteiger partial charge is 0.253 e. The lowest BCUT2D eigenvalue weighted by Crippen LogP contribution is -2.27. The van der Waals surface area contributed by atoms with Gasteiger partial charge < -0.3 is 14.4 Å². The molecule has 0 heterocycles. The summed E-state index contributed by atoms with van der Waals surface area (Å²) in [5.41, 5.74) is 1.89. The zero-order valence-corrected chi connectivity index (χ0v) is 19.1. The number of rotatable bonds is 9. The van der Waals surface area contributed by atoms with Crippen molar-refractivity contribution in [2.75, 3.05) is 21.3 Å². The molecule has 0 aliphatic carbocycles. The third-order valence-electron chi connectivity index (χ3n) is 4.94. The van der Waals surface area contributed by atoms with Gasteiger partial charge in [0.2, 0.25) is 10.0 Å². The Labute approximate surface area is 188 Å². The van der Waals surface area contributed by atoms with Crippen molar-refractivity contribution < 1.29 is 22.7 Å². The Kier molecular flexibility index (Phi) is 7.50. The van der Waals surface area contributed by atoms with Gasteiger partial charge in [0, 0.05) is 31.3 Å². The highest BCUT2D eigenvalue weighted by Crippen LogP contribution is 2.31. The lowest BCUT2D eigenvalue weighted by Gasteiger charge is -2.20. The number of amides is 1. The lowest BCUT2D eigenvalue weighted by atomic mass is 10.1. The van der Waals surface area contributed by atoms with Crippen LogP contribution in [0.5, 0.6) is 11.5 Å². The molecule has 0 aliphatic heterocycles. The van der Waals surface area contributed by atoms with Gasteiger partial charge in [0.1, 0.15) is 0 Å². The molecule has 0 unspecified atom stereocenters. The first-order valence-corrected chi connectivity index (χ1v) is 11.4. The second-order valence-electron chi connectivity index (χ2n) is 7.15. The highest BCUT2D eigenvalue weighted by atomic mass is 32.2. The number of carbonyl (C=O) groups excluding carboxylic acids is 1. The number of sulfonamides is 1. The number of hydrogen-bond acceptors (Lipinski definition) is 5. The van der Waals surface area contributed by atoms with Crippen LogP contribution in [0.25, 0.3) is 0 Å². The maximum atomic E-state index is 13.0. The number of ether oxygens (including phenoxy) is 2. The summed E-state index contributed by atoms with van der Waals surface area (Å²) in [7, 11) is 0.964. The van der Waals surface area contributed by atoms with Crippen LogP contribution in [0.2, 0.25) is 0 Å². The molecular weight excluding hydrogens is 428 g/mol. The van der Waals surface area contributed by atoms with Gasteiger partial charge in [-0.15, -0.1) is 0 Å². The average molecular weight is 455 g/mol. The highest BCUT2D eigenvalue weighted by molar-refractivity contribution is 7.89. The van der Waals surface area contributed by atoms with Crippen LogP contribution in [0.4, 0.5) is 0 Å². The van der Waals surface area contributed by atoms with E-state index >= 15 is 0 Å². The van der Waals surface area contributed by atoms with Crippen molar-refractivity contribution in [3.05, 3.63) is 89.5 Å². The van der Waals surface area contributed by atoms with E-state index in [1.165, 1.54) is 17.0 Å². The fraction of sp³-hybridized carbons (Fsp3) is 0.208. The molecule has 0 bridgehead atoms. The van der Waals surface area contributed by atoms with E-state index in [1.807, 2.05) is 42.5 Å². The molecule has 0 fully saturated rings. The standard InChI is InChI=1S/C24H26N2O5S/c1-26(17-20-12-8-14-22(30-2)23(20)31-3)24(27)19-11-7-13-21(15-19)32(28,29)25-16-18-9-5-4-6-10-18/h4-15,25H,16-17H2,1-3H3. The van der Waals surface area contributed by atoms with E-state index in [0.717, 1.165) is 11.1 Å². The second-order valence-corrected chi connectivity index (χ2v) is 8.92. The van der Waals surface area contributed by atoms with Gasteiger partial charge in [-0.1, -0.05) is 48.5 Å². The van der Waals surface area contributed by atoms with E-state index in [9.17, 15) is 13.2 Å². The number of nitrogens with one attached hydrogen (secondary N) is 1. The molecule has 0 saturated carbocycles. The summed E-state index contributed by atoms with van der Waals surface area (Å²) < 4.78 is 38.8. The first-order valence-electron chi connectivity index (χ1n) is 9.94. The van der Waals surface area contributed by atoms with Crippen molar-refractivity contribution >= 4 is 15.9 Å². The maximum Gasteiger partial charge on any atom is 0.253 e. The van der Waals surface area contributed by atoms with Gasteiger partial charge in [-0.3, -0.25) is 4.79 Å². The van der Waals surface area contributed by atoms with Gasteiger partial charge in [-0.2, -0.15) is 0 Å². The SMILES string of the molecule is COc1cccc(CN(C)C(=O)c2cccc(S(=O)(=O)NCc3ccccc3)c2)c1OC. The number of benzene rings is 3. The van der Waals surface area contributed by atoms with E-state index in [2.05, 4.69) is 4.72 Å². The summed E-state index contributed by atoms with van der Waals surface area (Å²) in [6.07, 6.45) is 0. The molecule has 32 heavy (non-hydrogen) atoms. The van der Waals surface area contributed by atoms with E-state index in [0.29, 0.717) is 11.5 Å². The Bertz CT molecular complexity index is 1180. The summed E-state index contributed by atoms with van der Waals surface area (Å²) in [5.74, 6) is 0.814. The Balaban J connectivity index is 1.76. The van der Waals surface area contributed by atoms with Gasteiger partial charge in [-0.25, -0.2) is 13.1 Å². The van der Waals surface area contributed by atoms with Crippen LogP contribution in [0.15, 0.2) is 77.7 Å². The first kappa shape index (κ1) is 23.3. The predicted octanol–water partition coefficient (Wildman–Crippen LogP) is 3.45. The zero-order chi connectivity index (χ0) is 23.1. The zero-order valence-electron chi connectivity index (χ0n) is 18.2. The minimum Gasteiger partial charge on any atom is -0.493 e. The molecule has 168 valence electrons. The van der Waals surface area contributed by atoms with Crippen molar-refractivity contribution in [2.24, 2.45) is 0 Å².